The van der Waals surface area contributed by atoms with Crippen molar-refractivity contribution in [2.75, 3.05) is 26.2 Å². The highest BCUT2D eigenvalue weighted by Gasteiger charge is 2.44. The summed E-state index contributed by atoms with van der Waals surface area (Å²) in [5, 5.41) is 11.0. The SMILES string of the molecule is CC1(C)NC(=O)N(CCN(CC(=O)O)CC(F)(F)F)C1=O. The van der Waals surface area contributed by atoms with Crippen LogP contribution in [0, 0.1) is 0 Å². The van der Waals surface area contributed by atoms with Gasteiger partial charge in [-0.05, 0) is 13.8 Å². The number of hydrogen-bond acceptors (Lipinski definition) is 4. The maximum atomic E-state index is 12.3. The molecule has 0 spiro atoms. The number of halogens is 3. The van der Waals surface area contributed by atoms with Gasteiger partial charge in [0.2, 0.25) is 0 Å². The lowest BCUT2D eigenvalue weighted by Gasteiger charge is -2.24. The summed E-state index contributed by atoms with van der Waals surface area (Å²) in [5.41, 5.74) is -1.11. The molecule has 3 amide bonds. The van der Waals surface area contributed by atoms with Crippen LogP contribution in [0.25, 0.3) is 0 Å². The Hall–Kier alpha value is -1.84. The Labute approximate surface area is 118 Å². The Morgan fingerprint density at radius 1 is 1.38 bits per heavy atom. The molecule has 0 unspecified atom stereocenters. The van der Waals surface area contributed by atoms with Crippen molar-refractivity contribution in [1.29, 1.82) is 0 Å². The molecule has 10 heteroatoms. The number of hydrogen-bond donors (Lipinski definition) is 2. The molecule has 1 rings (SSSR count). The Kier molecular flexibility index (Phi) is 4.82. The number of urea groups is 1. The number of carbonyl (C=O) groups excluding carboxylic acids is 2. The first-order chi connectivity index (χ1) is 9.42. The van der Waals surface area contributed by atoms with E-state index in [1.54, 1.807) is 0 Å². The highest BCUT2D eigenvalue weighted by molar-refractivity contribution is 6.06. The summed E-state index contributed by atoms with van der Waals surface area (Å²) in [6.07, 6.45) is -4.56. The van der Waals surface area contributed by atoms with E-state index in [-0.39, 0.29) is 13.1 Å². The molecule has 1 aliphatic rings. The van der Waals surface area contributed by atoms with Gasteiger partial charge in [-0.1, -0.05) is 0 Å². The Bertz CT molecular complexity index is 450. The van der Waals surface area contributed by atoms with Crippen molar-refractivity contribution in [3.05, 3.63) is 0 Å². The van der Waals surface area contributed by atoms with Crippen molar-refractivity contribution in [3.63, 3.8) is 0 Å². The summed E-state index contributed by atoms with van der Waals surface area (Å²) in [6.45, 7) is 0.00727. The van der Waals surface area contributed by atoms with Crippen molar-refractivity contribution < 1.29 is 32.7 Å². The molecule has 1 aliphatic heterocycles. The minimum atomic E-state index is -4.56. The summed E-state index contributed by atoms with van der Waals surface area (Å²) in [6, 6.07) is -0.702. The van der Waals surface area contributed by atoms with E-state index in [9.17, 15) is 27.6 Å². The molecule has 0 aromatic carbocycles. The van der Waals surface area contributed by atoms with Gasteiger partial charge in [-0.25, -0.2) is 4.79 Å². The Morgan fingerprint density at radius 2 is 1.95 bits per heavy atom. The van der Waals surface area contributed by atoms with E-state index in [1.807, 2.05) is 0 Å². The maximum absolute atomic E-state index is 12.3. The van der Waals surface area contributed by atoms with Gasteiger partial charge in [0, 0.05) is 13.1 Å². The molecule has 0 bridgehead atoms. The zero-order chi connectivity index (χ0) is 16.4. The molecule has 0 radical (unpaired) electrons. The maximum Gasteiger partial charge on any atom is 0.401 e. The van der Waals surface area contributed by atoms with Gasteiger partial charge in [-0.3, -0.25) is 19.4 Å². The third kappa shape index (κ3) is 4.88. The second-order valence-corrected chi connectivity index (χ2v) is 5.23. The summed E-state index contributed by atoms with van der Waals surface area (Å²) >= 11 is 0. The van der Waals surface area contributed by atoms with E-state index >= 15 is 0 Å². The van der Waals surface area contributed by atoms with Crippen LogP contribution in [-0.2, 0) is 9.59 Å². The number of carboxylic acid groups (broad SMARTS) is 1. The number of aliphatic carboxylic acids is 1. The van der Waals surface area contributed by atoms with Gasteiger partial charge >= 0.3 is 18.2 Å². The molecule has 21 heavy (non-hydrogen) atoms. The van der Waals surface area contributed by atoms with Gasteiger partial charge in [-0.15, -0.1) is 0 Å². The third-order valence-corrected chi connectivity index (χ3v) is 2.85. The molecule has 1 fully saturated rings. The van der Waals surface area contributed by atoms with E-state index in [1.165, 1.54) is 13.8 Å². The molecule has 0 atom stereocenters. The van der Waals surface area contributed by atoms with Crippen LogP contribution in [0.5, 0.6) is 0 Å². The van der Waals surface area contributed by atoms with Gasteiger partial charge in [0.1, 0.15) is 5.54 Å². The molecule has 1 saturated heterocycles. The quantitative estimate of drug-likeness (QED) is 0.687. The lowest BCUT2D eigenvalue weighted by molar-refractivity contribution is -0.154. The summed E-state index contributed by atoms with van der Waals surface area (Å²) in [5.74, 6) is -1.98. The summed E-state index contributed by atoms with van der Waals surface area (Å²) < 4.78 is 37.0. The average molecular weight is 311 g/mol. The zero-order valence-electron chi connectivity index (χ0n) is 11.5. The first-order valence-corrected chi connectivity index (χ1v) is 6.07. The van der Waals surface area contributed by atoms with E-state index in [2.05, 4.69) is 5.32 Å². The van der Waals surface area contributed by atoms with Gasteiger partial charge in [0.05, 0.1) is 13.1 Å². The fourth-order valence-corrected chi connectivity index (χ4v) is 1.92. The van der Waals surface area contributed by atoms with Crippen LogP contribution in [0.4, 0.5) is 18.0 Å². The van der Waals surface area contributed by atoms with Gasteiger partial charge in [-0.2, -0.15) is 13.2 Å². The van der Waals surface area contributed by atoms with Crippen LogP contribution in [0.1, 0.15) is 13.8 Å². The van der Waals surface area contributed by atoms with Crippen molar-refractivity contribution in [2.24, 2.45) is 0 Å². The lowest BCUT2D eigenvalue weighted by atomic mass is 10.1. The van der Waals surface area contributed by atoms with Gasteiger partial charge < -0.3 is 10.4 Å². The minimum Gasteiger partial charge on any atom is -0.480 e. The fourth-order valence-electron chi connectivity index (χ4n) is 1.92. The van der Waals surface area contributed by atoms with Crippen molar-refractivity contribution in [2.45, 2.75) is 25.6 Å². The molecule has 0 aliphatic carbocycles. The molecule has 0 aromatic heterocycles. The monoisotopic (exact) mass is 311 g/mol. The van der Waals surface area contributed by atoms with E-state index < -0.39 is 42.7 Å². The second-order valence-electron chi connectivity index (χ2n) is 5.23. The van der Waals surface area contributed by atoms with Crippen molar-refractivity contribution >= 4 is 17.9 Å². The Morgan fingerprint density at radius 3 is 2.33 bits per heavy atom. The highest BCUT2D eigenvalue weighted by Crippen LogP contribution is 2.18. The van der Waals surface area contributed by atoms with Crippen LogP contribution in [-0.4, -0.2) is 70.7 Å². The predicted molar refractivity (Wildman–Crippen MR) is 64.5 cm³/mol. The molecular weight excluding hydrogens is 295 g/mol. The van der Waals surface area contributed by atoms with Crippen LogP contribution in [0.15, 0.2) is 0 Å². The smallest absolute Gasteiger partial charge is 0.401 e. The van der Waals surface area contributed by atoms with Gasteiger partial charge in [0.25, 0.3) is 5.91 Å². The van der Waals surface area contributed by atoms with Crippen LogP contribution in [0.2, 0.25) is 0 Å². The van der Waals surface area contributed by atoms with E-state index in [4.69, 9.17) is 5.11 Å². The number of carbonyl (C=O) groups is 3. The van der Waals surface area contributed by atoms with Crippen LogP contribution >= 0.6 is 0 Å². The first-order valence-electron chi connectivity index (χ1n) is 6.07. The molecule has 0 aromatic rings. The first kappa shape index (κ1) is 17.2. The number of nitrogens with zero attached hydrogens (tertiary/aromatic N) is 2. The number of amides is 3. The Balaban J connectivity index is 2.66. The lowest BCUT2D eigenvalue weighted by Crippen LogP contribution is -2.45. The molecule has 120 valence electrons. The topological polar surface area (TPSA) is 90.0 Å². The fraction of sp³-hybridized carbons (Fsp3) is 0.727. The van der Waals surface area contributed by atoms with Crippen LogP contribution < -0.4 is 5.32 Å². The second kappa shape index (κ2) is 5.88. The van der Waals surface area contributed by atoms with E-state index in [0.717, 1.165) is 4.90 Å². The number of carboxylic acids is 1. The average Bonchev–Trinajstić information content (AvgIpc) is 2.43. The minimum absolute atomic E-state index is 0.308. The number of nitrogens with one attached hydrogen (secondary N) is 1. The van der Waals surface area contributed by atoms with Crippen molar-refractivity contribution in [1.82, 2.24) is 15.1 Å². The molecule has 2 N–H and O–H groups in total. The largest absolute Gasteiger partial charge is 0.480 e. The van der Waals surface area contributed by atoms with Crippen LogP contribution in [0.3, 0.4) is 0 Å². The number of alkyl halides is 3. The summed E-state index contributed by atoms with van der Waals surface area (Å²) in [7, 11) is 0. The van der Waals surface area contributed by atoms with E-state index in [0.29, 0.717) is 4.90 Å². The standard InChI is InChI=1S/C11H16F3N3O4/c1-10(2)8(20)17(9(21)15-10)4-3-16(5-7(18)19)6-11(12,13)14/h3-6H2,1-2H3,(H,15,21)(H,18,19). The predicted octanol–water partition coefficient (Wildman–Crippen LogP) is 0.266. The van der Waals surface area contributed by atoms with Gasteiger partial charge in [0.15, 0.2) is 0 Å². The molecule has 7 nitrogen and oxygen atoms in total. The third-order valence-electron chi connectivity index (χ3n) is 2.85. The number of rotatable bonds is 6. The zero-order valence-corrected chi connectivity index (χ0v) is 11.5. The van der Waals surface area contributed by atoms with Crippen molar-refractivity contribution in [3.8, 4) is 0 Å². The molecule has 0 saturated carbocycles. The molecular formula is C11H16F3N3O4. The highest BCUT2D eigenvalue weighted by atomic mass is 19.4. The molecule has 1 heterocycles. The normalized spacial score (nSPS) is 18.3. The summed E-state index contributed by atoms with van der Waals surface area (Å²) in [4.78, 5) is 35.4. The number of imide groups is 1.